The van der Waals surface area contributed by atoms with Gasteiger partial charge < -0.3 is 5.32 Å². The van der Waals surface area contributed by atoms with Gasteiger partial charge in [-0.15, -0.1) is 0 Å². The fourth-order valence-electron chi connectivity index (χ4n) is 1.39. The molecule has 1 rings (SSSR count). The Labute approximate surface area is 99.2 Å². The molecule has 0 bridgehead atoms. The Morgan fingerprint density at radius 2 is 2.00 bits per heavy atom. The predicted octanol–water partition coefficient (Wildman–Crippen LogP) is 3.04. The van der Waals surface area contributed by atoms with Crippen molar-refractivity contribution in [3.05, 3.63) is 35.9 Å². The maximum absolute atomic E-state index is 11.5. The van der Waals surface area contributed by atoms with E-state index in [0.717, 1.165) is 12.0 Å². The van der Waals surface area contributed by atoms with Crippen molar-refractivity contribution in [3.8, 4) is 0 Å². The van der Waals surface area contributed by atoms with Crippen LogP contribution in [0, 0.1) is 0 Å². The highest BCUT2D eigenvalue weighted by atomic mass is 79.9. The number of hydrogen-bond acceptors (Lipinski definition) is 1. The molecular formula is C12H16BrNO. The minimum atomic E-state index is -0.143. The van der Waals surface area contributed by atoms with Crippen LogP contribution in [0.4, 0.5) is 0 Å². The average molecular weight is 270 g/mol. The third-order valence-corrected chi connectivity index (χ3v) is 2.70. The van der Waals surface area contributed by atoms with E-state index < -0.39 is 0 Å². The van der Waals surface area contributed by atoms with Crippen LogP contribution in [0.1, 0.15) is 31.9 Å². The lowest BCUT2D eigenvalue weighted by molar-refractivity contribution is -0.120. The third kappa shape index (κ3) is 3.67. The van der Waals surface area contributed by atoms with Gasteiger partial charge in [-0.2, -0.15) is 0 Å². The number of amides is 1. The molecule has 2 nitrogen and oxygen atoms in total. The molecule has 0 heterocycles. The van der Waals surface area contributed by atoms with Crippen molar-refractivity contribution in [2.24, 2.45) is 0 Å². The Morgan fingerprint density at radius 3 is 2.47 bits per heavy atom. The molecule has 0 aromatic heterocycles. The largest absolute Gasteiger partial charge is 0.348 e. The molecule has 3 heteroatoms. The lowest BCUT2D eigenvalue weighted by atomic mass is 10.0. The van der Waals surface area contributed by atoms with Crippen molar-refractivity contribution >= 4 is 21.8 Å². The molecule has 0 spiro atoms. The van der Waals surface area contributed by atoms with Crippen molar-refractivity contribution in [3.63, 3.8) is 0 Å². The Morgan fingerprint density at radius 1 is 1.40 bits per heavy atom. The summed E-state index contributed by atoms with van der Waals surface area (Å²) >= 11 is 3.26. The second-order valence-corrected chi connectivity index (χ2v) is 4.87. The normalized spacial score (nSPS) is 14.3. The van der Waals surface area contributed by atoms with Crippen LogP contribution < -0.4 is 5.32 Å². The molecule has 15 heavy (non-hydrogen) atoms. The molecule has 2 atom stereocenters. The molecule has 0 radical (unpaired) electrons. The van der Waals surface area contributed by atoms with Gasteiger partial charge in [-0.1, -0.05) is 53.2 Å². The standard InChI is InChI=1S/C12H16BrNO/c1-3-11(14-12(15)9(2)13)10-7-5-4-6-8-10/h4-9,11H,3H2,1-2H3,(H,14,15)/t9-,11+/m0/s1. The monoisotopic (exact) mass is 269 g/mol. The summed E-state index contributed by atoms with van der Waals surface area (Å²) < 4.78 is 0. The first kappa shape index (κ1) is 12.2. The Hall–Kier alpha value is -0.830. The zero-order valence-corrected chi connectivity index (χ0v) is 10.6. The first-order valence-electron chi connectivity index (χ1n) is 5.14. The lowest BCUT2D eigenvalue weighted by Crippen LogP contribution is -2.32. The van der Waals surface area contributed by atoms with E-state index in [0.29, 0.717) is 0 Å². The van der Waals surface area contributed by atoms with Crippen LogP contribution in [0.3, 0.4) is 0 Å². The van der Waals surface area contributed by atoms with E-state index in [1.54, 1.807) is 0 Å². The zero-order valence-electron chi connectivity index (χ0n) is 9.03. The molecule has 1 aromatic carbocycles. The highest BCUT2D eigenvalue weighted by Crippen LogP contribution is 2.16. The molecule has 0 unspecified atom stereocenters. The van der Waals surface area contributed by atoms with E-state index in [9.17, 15) is 4.79 Å². The van der Waals surface area contributed by atoms with Gasteiger partial charge in [-0.05, 0) is 18.9 Å². The molecule has 1 aromatic rings. The third-order valence-electron chi connectivity index (χ3n) is 2.29. The van der Waals surface area contributed by atoms with Gasteiger partial charge in [0, 0.05) is 0 Å². The van der Waals surface area contributed by atoms with E-state index in [-0.39, 0.29) is 16.8 Å². The number of benzene rings is 1. The number of carbonyl (C=O) groups excluding carboxylic acids is 1. The van der Waals surface area contributed by atoms with E-state index in [4.69, 9.17) is 0 Å². The number of hydrogen-bond donors (Lipinski definition) is 1. The Bertz CT molecular complexity index is 311. The van der Waals surface area contributed by atoms with E-state index >= 15 is 0 Å². The SMILES string of the molecule is CC[C@@H](NC(=O)[C@H](C)Br)c1ccccc1. The fourth-order valence-corrected chi connectivity index (χ4v) is 1.53. The van der Waals surface area contributed by atoms with Crippen LogP contribution >= 0.6 is 15.9 Å². The smallest absolute Gasteiger partial charge is 0.233 e. The summed E-state index contributed by atoms with van der Waals surface area (Å²) in [6.07, 6.45) is 0.898. The molecule has 1 N–H and O–H groups in total. The Balaban J connectivity index is 2.69. The number of rotatable bonds is 4. The molecule has 0 aliphatic heterocycles. The zero-order chi connectivity index (χ0) is 11.3. The van der Waals surface area contributed by atoms with Crippen molar-refractivity contribution in [2.45, 2.75) is 31.1 Å². The van der Waals surface area contributed by atoms with Gasteiger partial charge in [0.2, 0.25) is 5.91 Å². The highest BCUT2D eigenvalue weighted by molar-refractivity contribution is 9.10. The summed E-state index contributed by atoms with van der Waals surface area (Å²) in [5.74, 6) is 0.0331. The van der Waals surface area contributed by atoms with Crippen molar-refractivity contribution in [2.75, 3.05) is 0 Å². The number of alkyl halides is 1. The summed E-state index contributed by atoms with van der Waals surface area (Å²) in [5, 5.41) is 3.00. The van der Waals surface area contributed by atoms with Gasteiger partial charge in [0.15, 0.2) is 0 Å². The fraction of sp³-hybridized carbons (Fsp3) is 0.417. The van der Waals surface area contributed by atoms with Crippen LogP contribution in [-0.2, 0) is 4.79 Å². The predicted molar refractivity (Wildman–Crippen MR) is 66.0 cm³/mol. The molecule has 0 saturated heterocycles. The maximum Gasteiger partial charge on any atom is 0.233 e. The first-order chi connectivity index (χ1) is 7.15. The van der Waals surface area contributed by atoms with Gasteiger partial charge in [-0.3, -0.25) is 4.79 Å². The topological polar surface area (TPSA) is 29.1 Å². The quantitative estimate of drug-likeness (QED) is 0.837. The summed E-state index contributed by atoms with van der Waals surface area (Å²) in [5.41, 5.74) is 1.15. The molecule has 0 aliphatic rings. The second kappa shape index (κ2) is 5.91. The van der Waals surface area contributed by atoms with Crippen LogP contribution in [0.2, 0.25) is 0 Å². The van der Waals surface area contributed by atoms with E-state index in [1.807, 2.05) is 37.3 Å². The van der Waals surface area contributed by atoms with Gasteiger partial charge >= 0.3 is 0 Å². The number of halogens is 1. The van der Waals surface area contributed by atoms with Crippen LogP contribution in [0.15, 0.2) is 30.3 Å². The lowest BCUT2D eigenvalue weighted by Gasteiger charge is -2.18. The molecule has 82 valence electrons. The van der Waals surface area contributed by atoms with Crippen molar-refractivity contribution < 1.29 is 4.79 Å². The maximum atomic E-state index is 11.5. The molecule has 1 amide bonds. The minimum absolute atomic E-state index is 0.0331. The van der Waals surface area contributed by atoms with E-state index in [1.165, 1.54) is 0 Å². The number of carbonyl (C=O) groups is 1. The average Bonchev–Trinajstić information content (AvgIpc) is 2.26. The molecule has 0 aliphatic carbocycles. The van der Waals surface area contributed by atoms with Gasteiger partial charge in [0.1, 0.15) is 0 Å². The highest BCUT2D eigenvalue weighted by Gasteiger charge is 2.15. The Kier molecular flexibility index (Phi) is 4.82. The van der Waals surface area contributed by atoms with Gasteiger partial charge in [0.25, 0.3) is 0 Å². The summed E-state index contributed by atoms with van der Waals surface area (Å²) in [7, 11) is 0. The molecule has 0 saturated carbocycles. The molecular weight excluding hydrogens is 254 g/mol. The summed E-state index contributed by atoms with van der Waals surface area (Å²) in [6, 6.07) is 10.1. The van der Waals surface area contributed by atoms with Crippen molar-refractivity contribution in [1.82, 2.24) is 5.32 Å². The van der Waals surface area contributed by atoms with Gasteiger partial charge in [-0.25, -0.2) is 0 Å². The van der Waals surface area contributed by atoms with Crippen LogP contribution in [0.5, 0.6) is 0 Å². The van der Waals surface area contributed by atoms with Crippen LogP contribution in [0.25, 0.3) is 0 Å². The van der Waals surface area contributed by atoms with Crippen molar-refractivity contribution in [1.29, 1.82) is 0 Å². The van der Waals surface area contributed by atoms with E-state index in [2.05, 4.69) is 28.2 Å². The van der Waals surface area contributed by atoms with Crippen LogP contribution in [-0.4, -0.2) is 10.7 Å². The number of nitrogens with one attached hydrogen (secondary N) is 1. The molecule has 0 fully saturated rings. The van der Waals surface area contributed by atoms with Gasteiger partial charge in [0.05, 0.1) is 10.9 Å². The first-order valence-corrected chi connectivity index (χ1v) is 6.06. The minimum Gasteiger partial charge on any atom is -0.348 e. The second-order valence-electron chi connectivity index (χ2n) is 3.50. The summed E-state index contributed by atoms with van der Waals surface area (Å²) in [6.45, 7) is 3.89. The summed E-state index contributed by atoms with van der Waals surface area (Å²) in [4.78, 5) is 11.4.